The first-order valence-corrected chi connectivity index (χ1v) is 7.79. The van der Waals surface area contributed by atoms with Gasteiger partial charge in [0.25, 0.3) is 0 Å². The zero-order valence-electron chi connectivity index (χ0n) is 11.5. The quantitative estimate of drug-likeness (QED) is 0.893. The molecule has 2 aromatic rings. The molecule has 0 bridgehead atoms. The van der Waals surface area contributed by atoms with E-state index in [9.17, 15) is 0 Å². The van der Waals surface area contributed by atoms with Crippen molar-refractivity contribution in [3.05, 3.63) is 46.0 Å². The van der Waals surface area contributed by atoms with E-state index in [-0.39, 0.29) is 0 Å². The summed E-state index contributed by atoms with van der Waals surface area (Å²) in [4.78, 5) is 5.80. The van der Waals surface area contributed by atoms with Crippen molar-refractivity contribution in [1.29, 1.82) is 0 Å². The molecule has 2 nitrogen and oxygen atoms in total. The Kier molecular flexibility index (Phi) is 3.31. The van der Waals surface area contributed by atoms with E-state index in [1.807, 2.05) is 0 Å². The van der Waals surface area contributed by atoms with Crippen molar-refractivity contribution in [3.8, 4) is 0 Å². The maximum absolute atomic E-state index is 5.80. The molecule has 1 aromatic heterocycles. The first kappa shape index (κ1) is 12.7. The molecule has 0 saturated carbocycles. The standard InChI is InChI=1S/C16H20N2S/c1-10(2)11-3-5-12(6-4-11)13-7-8-14-15(9-13)19-16(17)18-14/h3-6,10,13H,7-9H2,1-2H3,(H2,17,18). The fourth-order valence-corrected chi connectivity index (χ4v) is 3.79. The first-order valence-electron chi connectivity index (χ1n) is 6.97. The lowest BCUT2D eigenvalue weighted by molar-refractivity contribution is 0.584. The highest BCUT2D eigenvalue weighted by atomic mass is 32.1. The van der Waals surface area contributed by atoms with E-state index in [0.717, 1.165) is 18.0 Å². The van der Waals surface area contributed by atoms with Crippen molar-refractivity contribution < 1.29 is 0 Å². The molecule has 0 radical (unpaired) electrons. The Hall–Kier alpha value is -1.35. The van der Waals surface area contributed by atoms with Gasteiger partial charge in [-0.1, -0.05) is 38.1 Å². The lowest BCUT2D eigenvalue weighted by Gasteiger charge is -2.22. The molecule has 0 saturated heterocycles. The van der Waals surface area contributed by atoms with Crippen LogP contribution in [0.25, 0.3) is 0 Å². The minimum atomic E-state index is 0.605. The van der Waals surface area contributed by atoms with Gasteiger partial charge in [-0.3, -0.25) is 0 Å². The number of hydrogen-bond donors (Lipinski definition) is 1. The minimum absolute atomic E-state index is 0.605. The summed E-state index contributed by atoms with van der Waals surface area (Å²) in [6.45, 7) is 4.48. The van der Waals surface area contributed by atoms with Gasteiger partial charge in [0.05, 0.1) is 5.69 Å². The van der Waals surface area contributed by atoms with Gasteiger partial charge in [0.15, 0.2) is 5.13 Å². The van der Waals surface area contributed by atoms with Crippen LogP contribution in [-0.2, 0) is 12.8 Å². The number of hydrogen-bond acceptors (Lipinski definition) is 3. The highest BCUT2D eigenvalue weighted by molar-refractivity contribution is 7.15. The molecule has 0 aliphatic heterocycles. The SMILES string of the molecule is CC(C)c1ccc(C2CCc3nc(N)sc3C2)cc1. The van der Waals surface area contributed by atoms with Gasteiger partial charge in [-0.25, -0.2) is 4.98 Å². The van der Waals surface area contributed by atoms with Crippen molar-refractivity contribution in [2.75, 3.05) is 5.73 Å². The predicted molar refractivity (Wildman–Crippen MR) is 81.8 cm³/mol. The lowest BCUT2D eigenvalue weighted by Crippen LogP contribution is -2.11. The Labute approximate surface area is 118 Å². The summed E-state index contributed by atoms with van der Waals surface area (Å²) in [7, 11) is 0. The average Bonchev–Trinajstić information content (AvgIpc) is 2.77. The largest absolute Gasteiger partial charge is 0.375 e. The van der Waals surface area contributed by atoms with Crippen LogP contribution in [0.15, 0.2) is 24.3 Å². The number of anilines is 1. The lowest BCUT2D eigenvalue weighted by atomic mass is 9.85. The average molecular weight is 272 g/mol. The number of fused-ring (bicyclic) bond motifs is 1. The molecule has 2 N–H and O–H groups in total. The van der Waals surface area contributed by atoms with Gasteiger partial charge in [-0.2, -0.15) is 0 Å². The van der Waals surface area contributed by atoms with Crippen molar-refractivity contribution in [3.63, 3.8) is 0 Å². The zero-order chi connectivity index (χ0) is 13.4. The molecule has 0 spiro atoms. The van der Waals surface area contributed by atoms with Crippen LogP contribution in [0.2, 0.25) is 0 Å². The number of aryl methyl sites for hydroxylation is 1. The topological polar surface area (TPSA) is 38.9 Å². The molecule has 1 aliphatic rings. The second-order valence-corrected chi connectivity index (χ2v) is 6.80. The summed E-state index contributed by atoms with van der Waals surface area (Å²) < 4.78 is 0. The van der Waals surface area contributed by atoms with Crippen molar-refractivity contribution in [2.24, 2.45) is 0 Å². The van der Waals surface area contributed by atoms with Crippen LogP contribution in [0.1, 0.15) is 53.8 Å². The van der Waals surface area contributed by atoms with Crippen LogP contribution in [0.3, 0.4) is 0 Å². The zero-order valence-corrected chi connectivity index (χ0v) is 12.3. The second-order valence-electron chi connectivity index (χ2n) is 5.68. The molecule has 3 rings (SSSR count). The number of rotatable bonds is 2. The summed E-state index contributed by atoms with van der Waals surface area (Å²) >= 11 is 1.66. The molecule has 1 unspecified atom stereocenters. The molecule has 100 valence electrons. The van der Waals surface area contributed by atoms with Crippen LogP contribution >= 0.6 is 11.3 Å². The Morgan fingerprint density at radius 3 is 2.68 bits per heavy atom. The fraction of sp³-hybridized carbons (Fsp3) is 0.438. The summed E-state index contributed by atoms with van der Waals surface area (Å²) in [6.07, 6.45) is 3.36. The van der Waals surface area contributed by atoms with Crippen LogP contribution in [-0.4, -0.2) is 4.98 Å². The molecule has 1 heterocycles. The van der Waals surface area contributed by atoms with Crippen molar-refractivity contribution in [1.82, 2.24) is 4.98 Å². The molecule has 19 heavy (non-hydrogen) atoms. The van der Waals surface area contributed by atoms with E-state index in [1.54, 1.807) is 11.3 Å². The molecular weight excluding hydrogens is 252 g/mol. The third-order valence-corrected chi connectivity index (χ3v) is 4.98. The maximum atomic E-state index is 5.80. The Morgan fingerprint density at radius 2 is 2.00 bits per heavy atom. The minimum Gasteiger partial charge on any atom is -0.375 e. The molecule has 1 aliphatic carbocycles. The number of nitrogen functional groups attached to an aromatic ring is 1. The summed E-state index contributed by atoms with van der Waals surface area (Å²) in [5.74, 6) is 1.24. The van der Waals surface area contributed by atoms with E-state index in [2.05, 4.69) is 43.1 Å². The molecule has 1 aromatic carbocycles. The summed E-state index contributed by atoms with van der Waals surface area (Å²) in [5.41, 5.74) is 9.92. The number of thiazole rings is 1. The first-order chi connectivity index (χ1) is 9.13. The Balaban J connectivity index is 1.80. The third kappa shape index (κ3) is 2.52. The molecule has 0 fully saturated rings. The van der Waals surface area contributed by atoms with Crippen molar-refractivity contribution >= 4 is 16.5 Å². The third-order valence-electron chi connectivity index (χ3n) is 4.03. The number of benzene rings is 1. The van der Waals surface area contributed by atoms with E-state index in [1.165, 1.54) is 28.1 Å². The van der Waals surface area contributed by atoms with Gasteiger partial charge in [-0.15, -0.1) is 11.3 Å². The molecule has 1 atom stereocenters. The number of nitrogens with two attached hydrogens (primary N) is 1. The normalized spacial score (nSPS) is 18.6. The van der Waals surface area contributed by atoms with Crippen LogP contribution in [0, 0.1) is 0 Å². The highest BCUT2D eigenvalue weighted by Crippen LogP contribution is 2.36. The van der Waals surface area contributed by atoms with Crippen molar-refractivity contribution in [2.45, 2.75) is 44.9 Å². The van der Waals surface area contributed by atoms with Gasteiger partial charge < -0.3 is 5.73 Å². The van der Waals surface area contributed by atoms with E-state index in [4.69, 9.17) is 5.73 Å². The van der Waals surface area contributed by atoms with Gasteiger partial charge in [0.2, 0.25) is 0 Å². The summed E-state index contributed by atoms with van der Waals surface area (Å²) in [6, 6.07) is 9.15. The number of aromatic nitrogens is 1. The van der Waals surface area contributed by atoms with Gasteiger partial charge >= 0.3 is 0 Å². The highest BCUT2D eigenvalue weighted by Gasteiger charge is 2.23. The van der Waals surface area contributed by atoms with E-state index >= 15 is 0 Å². The Bertz CT molecular complexity index is 569. The van der Waals surface area contributed by atoms with Crippen LogP contribution in [0.4, 0.5) is 5.13 Å². The van der Waals surface area contributed by atoms with E-state index < -0.39 is 0 Å². The van der Waals surface area contributed by atoms with Gasteiger partial charge in [0.1, 0.15) is 0 Å². The molecule has 3 heteroatoms. The maximum Gasteiger partial charge on any atom is 0.180 e. The molecular formula is C16H20N2S. The summed E-state index contributed by atoms with van der Waals surface area (Å²) in [5, 5.41) is 0.723. The fourth-order valence-electron chi connectivity index (χ4n) is 2.83. The monoisotopic (exact) mass is 272 g/mol. The second kappa shape index (κ2) is 4.97. The molecule has 0 amide bonds. The van der Waals surface area contributed by atoms with Gasteiger partial charge in [0, 0.05) is 4.88 Å². The smallest absolute Gasteiger partial charge is 0.180 e. The Morgan fingerprint density at radius 1 is 1.26 bits per heavy atom. The van der Waals surface area contributed by atoms with Crippen LogP contribution < -0.4 is 5.73 Å². The number of nitrogens with zero attached hydrogens (tertiary/aromatic N) is 1. The van der Waals surface area contributed by atoms with Crippen LogP contribution in [0.5, 0.6) is 0 Å². The van der Waals surface area contributed by atoms with E-state index in [0.29, 0.717) is 11.8 Å². The predicted octanol–water partition coefficient (Wildman–Crippen LogP) is 4.12. The van der Waals surface area contributed by atoms with Gasteiger partial charge in [-0.05, 0) is 42.2 Å².